The number of benzene rings is 1. The van der Waals surface area contributed by atoms with E-state index < -0.39 is 5.97 Å². The van der Waals surface area contributed by atoms with Gasteiger partial charge in [0.25, 0.3) is 0 Å². The Kier molecular flexibility index (Phi) is 5.41. The Bertz CT molecular complexity index is 491. The van der Waals surface area contributed by atoms with Gasteiger partial charge in [-0.05, 0) is 13.0 Å². The monoisotopic (exact) mass is 295 g/mol. The van der Waals surface area contributed by atoms with Crippen LogP contribution in [0, 0.1) is 0 Å². The van der Waals surface area contributed by atoms with E-state index in [1.165, 1.54) is 0 Å². The molecule has 0 saturated carbocycles. The van der Waals surface area contributed by atoms with Crippen molar-refractivity contribution in [3.63, 3.8) is 0 Å². The molecule has 0 aliphatic carbocycles. The molecule has 0 aromatic heterocycles. The summed E-state index contributed by atoms with van der Waals surface area (Å²) < 4.78 is 10.8. The number of ether oxygens (including phenoxy) is 2. The molecule has 1 fully saturated rings. The number of carbonyl (C=O) groups is 1. The van der Waals surface area contributed by atoms with Crippen LogP contribution >= 0.6 is 0 Å². The quantitative estimate of drug-likeness (QED) is 0.827. The number of aromatic hydroxyl groups is 1. The molecule has 2 rings (SSSR count). The Hall–Kier alpha value is -1.79. The Morgan fingerprint density at radius 3 is 3.05 bits per heavy atom. The van der Waals surface area contributed by atoms with Gasteiger partial charge in [-0.25, -0.2) is 0 Å². The van der Waals surface area contributed by atoms with Crippen molar-refractivity contribution >= 4 is 5.97 Å². The zero-order valence-electron chi connectivity index (χ0n) is 12.1. The van der Waals surface area contributed by atoms with E-state index in [1.807, 2.05) is 19.1 Å². The van der Waals surface area contributed by atoms with Gasteiger partial charge >= 0.3 is 5.97 Å². The summed E-state index contributed by atoms with van der Waals surface area (Å²) in [7, 11) is 0. The first-order chi connectivity index (χ1) is 10.1. The van der Waals surface area contributed by atoms with E-state index >= 15 is 0 Å². The largest absolute Gasteiger partial charge is 0.504 e. The van der Waals surface area contributed by atoms with Crippen molar-refractivity contribution in [1.29, 1.82) is 0 Å². The molecule has 0 amide bonds. The van der Waals surface area contributed by atoms with Gasteiger partial charge in [-0.1, -0.05) is 12.1 Å². The van der Waals surface area contributed by atoms with Crippen molar-refractivity contribution in [2.24, 2.45) is 0 Å². The summed E-state index contributed by atoms with van der Waals surface area (Å²) in [6.45, 7) is 4.68. The number of para-hydroxylation sites is 1. The van der Waals surface area contributed by atoms with Crippen LogP contribution < -0.4 is 4.74 Å². The summed E-state index contributed by atoms with van der Waals surface area (Å²) in [5.41, 5.74) is 0.775. The molecule has 1 aromatic rings. The summed E-state index contributed by atoms with van der Waals surface area (Å²) in [6.07, 6.45) is -0.296. The van der Waals surface area contributed by atoms with Crippen LogP contribution in [-0.2, 0) is 16.1 Å². The van der Waals surface area contributed by atoms with Gasteiger partial charge in [-0.15, -0.1) is 0 Å². The molecule has 116 valence electrons. The fourth-order valence-corrected chi connectivity index (χ4v) is 2.45. The number of hydrogen-bond donors (Lipinski definition) is 2. The molecule has 6 heteroatoms. The number of morpholine rings is 1. The van der Waals surface area contributed by atoms with Crippen LogP contribution in [-0.4, -0.2) is 53.5 Å². The highest BCUT2D eigenvalue weighted by atomic mass is 16.5. The van der Waals surface area contributed by atoms with Gasteiger partial charge in [0.05, 0.1) is 25.7 Å². The molecule has 1 aromatic carbocycles. The van der Waals surface area contributed by atoms with Crippen molar-refractivity contribution < 1.29 is 24.5 Å². The minimum atomic E-state index is -0.858. The lowest BCUT2D eigenvalue weighted by molar-refractivity contribution is -0.142. The van der Waals surface area contributed by atoms with E-state index in [0.717, 1.165) is 5.56 Å². The molecule has 1 unspecified atom stereocenters. The van der Waals surface area contributed by atoms with E-state index in [4.69, 9.17) is 14.6 Å². The Morgan fingerprint density at radius 2 is 2.33 bits per heavy atom. The zero-order chi connectivity index (χ0) is 15.2. The fraction of sp³-hybridized carbons (Fsp3) is 0.533. The van der Waals surface area contributed by atoms with E-state index in [2.05, 4.69) is 4.90 Å². The highest BCUT2D eigenvalue weighted by Gasteiger charge is 2.23. The van der Waals surface area contributed by atoms with Crippen LogP contribution in [0.3, 0.4) is 0 Å². The lowest BCUT2D eigenvalue weighted by Gasteiger charge is -2.32. The average molecular weight is 295 g/mol. The third-order valence-corrected chi connectivity index (χ3v) is 3.40. The maximum absolute atomic E-state index is 10.7. The maximum Gasteiger partial charge on any atom is 0.306 e. The van der Waals surface area contributed by atoms with Crippen LogP contribution in [0.15, 0.2) is 18.2 Å². The number of phenols is 1. The van der Waals surface area contributed by atoms with Crippen LogP contribution in [0.5, 0.6) is 11.5 Å². The van der Waals surface area contributed by atoms with Gasteiger partial charge in [-0.3, -0.25) is 9.69 Å². The van der Waals surface area contributed by atoms with Gasteiger partial charge in [0.1, 0.15) is 0 Å². The summed E-state index contributed by atoms with van der Waals surface area (Å²) in [5, 5.41) is 19.0. The van der Waals surface area contributed by atoms with E-state index in [9.17, 15) is 9.90 Å². The topological polar surface area (TPSA) is 79.2 Å². The first-order valence-corrected chi connectivity index (χ1v) is 7.09. The molecular formula is C15H21NO5. The smallest absolute Gasteiger partial charge is 0.306 e. The molecule has 2 N–H and O–H groups in total. The Morgan fingerprint density at radius 1 is 1.52 bits per heavy atom. The second-order valence-electron chi connectivity index (χ2n) is 5.02. The van der Waals surface area contributed by atoms with Crippen LogP contribution in [0.1, 0.15) is 18.9 Å². The van der Waals surface area contributed by atoms with Crippen molar-refractivity contribution in [3.8, 4) is 11.5 Å². The standard InChI is InChI=1S/C15H21NO5/c1-2-20-13-5-3-4-11(15(13)19)9-16-6-7-21-12(10-16)8-14(17)18/h3-5,12,19H,2,6-10H2,1H3,(H,17,18). The third kappa shape index (κ3) is 4.34. The normalized spacial score (nSPS) is 19.4. The lowest BCUT2D eigenvalue weighted by Crippen LogP contribution is -2.42. The van der Waals surface area contributed by atoms with Crippen molar-refractivity contribution in [3.05, 3.63) is 23.8 Å². The molecule has 1 aliphatic heterocycles. The number of hydrogen-bond acceptors (Lipinski definition) is 5. The molecule has 1 aliphatic rings. The Labute approximate surface area is 123 Å². The highest BCUT2D eigenvalue weighted by molar-refractivity contribution is 5.67. The van der Waals surface area contributed by atoms with Gasteiger partial charge in [-0.2, -0.15) is 0 Å². The van der Waals surface area contributed by atoms with E-state index in [0.29, 0.717) is 38.6 Å². The van der Waals surface area contributed by atoms with Gasteiger partial charge in [0.2, 0.25) is 0 Å². The minimum Gasteiger partial charge on any atom is -0.504 e. The summed E-state index contributed by atoms with van der Waals surface area (Å²) >= 11 is 0. The molecule has 21 heavy (non-hydrogen) atoms. The molecule has 1 saturated heterocycles. The molecular weight excluding hydrogens is 274 g/mol. The molecule has 1 heterocycles. The van der Waals surface area contributed by atoms with E-state index in [-0.39, 0.29) is 18.3 Å². The first-order valence-electron chi connectivity index (χ1n) is 7.09. The maximum atomic E-state index is 10.7. The van der Waals surface area contributed by atoms with Crippen molar-refractivity contribution in [1.82, 2.24) is 4.90 Å². The zero-order valence-corrected chi connectivity index (χ0v) is 12.1. The second-order valence-corrected chi connectivity index (χ2v) is 5.02. The van der Waals surface area contributed by atoms with Crippen molar-refractivity contribution in [2.75, 3.05) is 26.3 Å². The van der Waals surface area contributed by atoms with Gasteiger partial charge < -0.3 is 19.7 Å². The molecule has 1 atom stereocenters. The van der Waals surface area contributed by atoms with Crippen molar-refractivity contribution in [2.45, 2.75) is 26.0 Å². The minimum absolute atomic E-state index is 0.00146. The average Bonchev–Trinajstić information content (AvgIpc) is 2.43. The summed E-state index contributed by atoms with van der Waals surface area (Å²) in [6, 6.07) is 5.42. The number of phenolic OH excluding ortho intramolecular Hbond substituents is 1. The number of carboxylic acid groups (broad SMARTS) is 1. The van der Waals surface area contributed by atoms with Gasteiger partial charge in [0.15, 0.2) is 11.5 Å². The van der Waals surface area contributed by atoms with Crippen LogP contribution in [0.25, 0.3) is 0 Å². The molecule has 6 nitrogen and oxygen atoms in total. The SMILES string of the molecule is CCOc1cccc(CN2CCOC(CC(=O)O)C2)c1O. The molecule has 0 spiro atoms. The fourth-order valence-electron chi connectivity index (χ4n) is 2.45. The van der Waals surface area contributed by atoms with E-state index in [1.54, 1.807) is 6.07 Å². The Balaban J connectivity index is 2.00. The molecule has 0 radical (unpaired) electrons. The van der Waals surface area contributed by atoms with Crippen LogP contribution in [0.4, 0.5) is 0 Å². The van der Waals surface area contributed by atoms with Crippen LogP contribution in [0.2, 0.25) is 0 Å². The number of carboxylic acids is 1. The third-order valence-electron chi connectivity index (χ3n) is 3.40. The number of rotatable bonds is 6. The first kappa shape index (κ1) is 15.6. The predicted octanol–water partition coefficient (Wildman–Crippen LogP) is 1.47. The number of aliphatic carboxylic acids is 1. The summed E-state index contributed by atoms with van der Waals surface area (Å²) in [4.78, 5) is 12.8. The lowest BCUT2D eigenvalue weighted by atomic mass is 10.1. The number of nitrogens with zero attached hydrogens (tertiary/aromatic N) is 1. The highest BCUT2D eigenvalue weighted by Crippen LogP contribution is 2.31. The predicted molar refractivity (Wildman–Crippen MR) is 76.5 cm³/mol. The van der Waals surface area contributed by atoms with Gasteiger partial charge in [0, 0.05) is 25.2 Å². The second kappa shape index (κ2) is 7.28. The summed E-state index contributed by atoms with van der Waals surface area (Å²) in [5.74, 6) is -0.228. The molecule has 0 bridgehead atoms.